The number of H-pyrrole nitrogens is 1. The summed E-state index contributed by atoms with van der Waals surface area (Å²) in [5.41, 5.74) is 4.92. The first-order valence-electron chi connectivity index (χ1n) is 11.6. The summed E-state index contributed by atoms with van der Waals surface area (Å²) in [6, 6.07) is 16.3. The van der Waals surface area contributed by atoms with E-state index in [1.807, 2.05) is 23.7 Å². The number of tetrazole rings is 1. The molecular formula is C26H30N6O. The fourth-order valence-electron chi connectivity index (χ4n) is 4.72. The van der Waals surface area contributed by atoms with Crippen molar-refractivity contribution >= 4 is 10.9 Å². The van der Waals surface area contributed by atoms with Crippen LogP contribution in [-0.4, -0.2) is 36.6 Å². The van der Waals surface area contributed by atoms with E-state index in [0.29, 0.717) is 11.4 Å². The van der Waals surface area contributed by atoms with E-state index in [0.717, 1.165) is 42.4 Å². The monoisotopic (exact) mass is 442 g/mol. The van der Waals surface area contributed by atoms with Crippen molar-refractivity contribution in [2.75, 3.05) is 6.54 Å². The van der Waals surface area contributed by atoms with Crippen LogP contribution >= 0.6 is 0 Å². The third-order valence-electron chi connectivity index (χ3n) is 7.03. The molecule has 0 amide bonds. The van der Waals surface area contributed by atoms with Crippen molar-refractivity contribution in [1.29, 1.82) is 0 Å². The highest BCUT2D eigenvalue weighted by molar-refractivity contribution is 5.79. The molecule has 2 aromatic heterocycles. The van der Waals surface area contributed by atoms with E-state index in [4.69, 9.17) is 0 Å². The van der Waals surface area contributed by atoms with E-state index < -0.39 is 0 Å². The van der Waals surface area contributed by atoms with E-state index in [1.165, 1.54) is 11.1 Å². The van der Waals surface area contributed by atoms with E-state index in [1.54, 1.807) is 0 Å². The highest BCUT2D eigenvalue weighted by Gasteiger charge is 2.35. The maximum atomic E-state index is 13.4. The number of nitrogens with zero attached hydrogens (tertiary/aromatic N) is 5. The quantitative estimate of drug-likeness (QED) is 0.503. The van der Waals surface area contributed by atoms with E-state index in [9.17, 15) is 4.79 Å². The number of benzene rings is 2. The standard InChI is InChI=1S/C26H30N6O/c1-5-26(3,4)32-24(28-29-30-32)23(31-13-12-18-8-6-7-9-20(18)16-31)21-15-19-11-10-17(2)14-22(19)27-25(21)33/h6-11,14-15,23H,5,12-13,16H2,1-4H3,(H,27,33). The van der Waals surface area contributed by atoms with Gasteiger partial charge in [0.2, 0.25) is 0 Å². The minimum atomic E-state index is -0.353. The Morgan fingerprint density at radius 2 is 1.91 bits per heavy atom. The number of nitrogens with one attached hydrogen (secondary N) is 1. The molecule has 1 aliphatic heterocycles. The Kier molecular flexibility index (Phi) is 5.37. The minimum absolute atomic E-state index is 0.0965. The lowest BCUT2D eigenvalue weighted by Gasteiger charge is -2.36. The average molecular weight is 443 g/mol. The van der Waals surface area contributed by atoms with Gasteiger partial charge in [-0.1, -0.05) is 43.3 Å². The molecule has 4 aromatic rings. The maximum absolute atomic E-state index is 13.4. The van der Waals surface area contributed by atoms with Gasteiger partial charge in [0.05, 0.1) is 5.54 Å². The molecule has 5 rings (SSSR count). The Hall–Kier alpha value is -3.32. The number of pyridine rings is 1. The van der Waals surface area contributed by atoms with Gasteiger partial charge >= 0.3 is 0 Å². The van der Waals surface area contributed by atoms with Crippen molar-refractivity contribution in [3.05, 3.63) is 87.0 Å². The van der Waals surface area contributed by atoms with Gasteiger partial charge < -0.3 is 4.98 Å². The molecule has 7 nitrogen and oxygen atoms in total. The molecule has 170 valence electrons. The van der Waals surface area contributed by atoms with Gasteiger partial charge in [-0.3, -0.25) is 9.69 Å². The molecule has 3 heterocycles. The predicted octanol–water partition coefficient (Wildman–Crippen LogP) is 4.12. The maximum Gasteiger partial charge on any atom is 0.253 e. The Bertz CT molecular complexity index is 1370. The topological polar surface area (TPSA) is 79.7 Å². The number of hydrogen-bond acceptors (Lipinski definition) is 5. The van der Waals surface area contributed by atoms with Crippen LogP contribution in [0, 0.1) is 6.92 Å². The zero-order valence-electron chi connectivity index (χ0n) is 19.7. The second kappa shape index (κ2) is 8.23. The Labute approximate surface area is 193 Å². The smallest absolute Gasteiger partial charge is 0.253 e. The predicted molar refractivity (Wildman–Crippen MR) is 129 cm³/mol. The number of fused-ring (bicyclic) bond motifs is 2. The van der Waals surface area contributed by atoms with Crippen LogP contribution in [0.1, 0.15) is 61.3 Å². The van der Waals surface area contributed by atoms with E-state index in [-0.39, 0.29) is 17.1 Å². The molecule has 0 fully saturated rings. The molecule has 0 spiro atoms. The molecule has 0 aliphatic carbocycles. The molecule has 0 saturated carbocycles. The summed E-state index contributed by atoms with van der Waals surface area (Å²) >= 11 is 0. The lowest BCUT2D eigenvalue weighted by molar-refractivity contribution is 0.181. The summed E-state index contributed by atoms with van der Waals surface area (Å²) in [6.45, 7) is 9.98. The van der Waals surface area contributed by atoms with E-state index in [2.05, 4.69) is 82.6 Å². The van der Waals surface area contributed by atoms with Crippen LogP contribution in [0.4, 0.5) is 0 Å². The second-order valence-electron chi connectivity index (χ2n) is 9.65. The Morgan fingerprint density at radius 3 is 2.70 bits per heavy atom. The normalized spacial score (nSPS) is 15.5. The summed E-state index contributed by atoms with van der Waals surface area (Å²) in [4.78, 5) is 18.9. The van der Waals surface area contributed by atoms with Gasteiger partial charge in [0, 0.05) is 24.2 Å². The van der Waals surface area contributed by atoms with Gasteiger partial charge in [0.1, 0.15) is 6.04 Å². The SMILES string of the molecule is CCC(C)(C)n1nnnc1C(c1cc2ccc(C)cc2[nH]c1=O)N1CCc2ccccc2C1. The first-order chi connectivity index (χ1) is 15.9. The molecule has 2 aromatic carbocycles. The largest absolute Gasteiger partial charge is 0.322 e. The van der Waals surface area contributed by atoms with Crippen LogP contribution in [0.25, 0.3) is 10.9 Å². The highest BCUT2D eigenvalue weighted by Crippen LogP contribution is 2.33. The molecule has 1 atom stereocenters. The molecule has 33 heavy (non-hydrogen) atoms. The van der Waals surface area contributed by atoms with Gasteiger partial charge in [-0.25, -0.2) is 4.68 Å². The fraction of sp³-hybridized carbons (Fsp3) is 0.385. The summed E-state index contributed by atoms with van der Waals surface area (Å²) in [5, 5.41) is 13.9. The molecule has 1 aliphatic rings. The zero-order chi connectivity index (χ0) is 23.2. The lowest BCUT2D eigenvalue weighted by Crippen LogP contribution is -2.40. The molecule has 7 heteroatoms. The second-order valence-corrected chi connectivity index (χ2v) is 9.65. The summed E-state index contributed by atoms with van der Waals surface area (Å²) in [6.07, 6.45) is 1.80. The van der Waals surface area contributed by atoms with Crippen molar-refractivity contribution < 1.29 is 0 Å². The van der Waals surface area contributed by atoms with Crippen molar-refractivity contribution in [1.82, 2.24) is 30.1 Å². The van der Waals surface area contributed by atoms with Crippen molar-refractivity contribution in [2.24, 2.45) is 0 Å². The fourth-order valence-corrected chi connectivity index (χ4v) is 4.72. The first-order valence-corrected chi connectivity index (χ1v) is 11.6. The summed E-state index contributed by atoms with van der Waals surface area (Å²) in [5.74, 6) is 0.707. The van der Waals surface area contributed by atoms with Gasteiger partial charge in [0.25, 0.3) is 5.56 Å². The van der Waals surface area contributed by atoms with Crippen molar-refractivity contribution in [3.63, 3.8) is 0 Å². The first kappa shape index (κ1) is 21.5. The Morgan fingerprint density at radius 1 is 1.12 bits per heavy atom. The van der Waals surface area contributed by atoms with Crippen molar-refractivity contribution in [3.8, 4) is 0 Å². The lowest BCUT2D eigenvalue weighted by atomic mass is 9.95. The average Bonchev–Trinajstić information content (AvgIpc) is 3.30. The number of aryl methyl sites for hydroxylation is 1. The number of aromatic amines is 1. The molecule has 1 N–H and O–H groups in total. The molecular weight excluding hydrogens is 412 g/mol. The molecule has 1 unspecified atom stereocenters. The van der Waals surface area contributed by atoms with Crippen LogP contribution < -0.4 is 5.56 Å². The number of aromatic nitrogens is 5. The molecule has 0 radical (unpaired) electrons. The third kappa shape index (κ3) is 3.86. The van der Waals surface area contributed by atoms with Crippen LogP contribution in [0.15, 0.2) is 53.3 Å². The number of rotatable bonds is 5. The third-order valence-corrected chi connectivity index (χ3v) is 7.03. The van der Waals surface area contributed by atoms with Crippen LogP contribution in [0.3, 0.4) is 0 Å². The van der Waals surface area contributed by atoms with Crippen LogP contribution in [0.5, 0.6) is 0 Å². The highest BCUT2D eigenvalue weighted by atomic mass is 16.1. The molecule has 0 bridgehead atoms. The van der Waals surface area contributed by atoms with Crippen molar-refractivity contribution in [2.45, 2.75) is 58.7 Å². The molecule has 0 saturated heterocycles. The Balaban J connectivity index is 1.69. The van der Waals surface area contributed by atoms with Gasteiger partial charge in [-0.15, -0.1) is 5.10 Å². The van der Waals surface area contributed by atoms with Gasteiger partial charge in [-0.2, -0.15) is 0 Å². The summed E-state index contributed by atoms with van der Waals surface area (Å²) in [7, 11) is 0. The zero-order valence-corrected chi connectivity index (χ0v) is 19.7. The number of hydrogen-bond donors (Lipinski definition) is 1. The van der Waals surface area contributed by atoms with Gasteiger partial charge in [-0.05, 0) is 78.2 Å². The van der Waals surface area contributed by atoms with Gasteiger partial charge in [0.15, 0.2) is 5.82 Å². The summed E-state index contributed by atoms with van der Waals surface area (Å²) < 4.78 is 1.90. The minimum Gasteiger partial charge on any atom is -0.322 e. The van der Waals surface area contributed by atoms with E-state index >= 15 is 0 Å². The van der Waals surface area contributed by atoms with Crippen LogP contribution in [0.2, 0.25) is 0 Å². The van der Waals surface area contributed by atoms with Crippen LogP contribution in [-0.2, 0) is 18.5 Å².